The average molecular weight is 498 g/mol. The van der Waals surface area contributed by atoms with E-state index in [0.717, 1.165) is 29.7 Å². The maximum atomic E-state index is 14.8. The van der Waals surface area contributed by atoms with Crippen LogP contribution in [-0.2, 0) is 20.2 Å². The molecule has 0 spiro atoms. The predicted molar refractivity (Wildman–Crippen MR) is 129 cm³/mol. The van der Waals surface area contributed by atoms with Gasteiger partial charge in [-0.2, -0.15) is 5.26 Å². The van der Waals surface area contributed by atoms with Gasteiger partial charge in [0.1, 0.15) is 12.1 Å². The molecule has 0 radical (unpaired) electrons. The van der Waals surface area contributed by atoms with Crippen molar-refractivity contribution < 1.29 is 18.7 Å². The first-order valence-corrected chi connectivity index (χ1v) is 11.7. The Kier molecular flexibility index (Phi) is 5.31. The van der Waals surface area contributed by atoms with E-state index in [9.17, 15) is 23.9 Å². The molecule has 4 aromatic rings. The van der Waals surface area contributed by atoms with Crippen LogP contribution in [0.1, 0.15) is 51.5 Å². The Hall–Kier alpha value is -4.49. The average Bonchev–Trinajstić information content (AvgIpc) is 3.60. The van der Waals surface area contributed by atoms with E-state index in [1.165, 1.54) is 11.0 Å². The van der Waals surface area contributed by atoms with Crippen LogP contribution in [0.3, 0.4) is 0 Å². The molecule has 0 unspecified atom stereocenters. The van der Waals surface area contributed by atoms with E-state index in [2.05, 4.69) is 16.3 Å². The second kappa shape index (κ2) is 8.57. The molecule has 184 valence electrons. The van der Waals surface area contributed by atoms with Crippen LogP contribution >= 0.6 is 0 Å². The Balaban J connectivity index is 1.50. The Labute approximate surface area is 210 Å². The van der Waals surface area contributed by atoms with Crippen LogP contribution in [0, 0.1) is 23.0 Å². The van der Waals surface area contributed by atoms with Crippen LogP contribution in [0.4, 0.5) is 14.6 Å². The minimum atomic E-state index is -1.15. The Bertz CT molecular complexity index is 1640. The number of aliphatic hydroxyl groups is 1. The maximum absolute atomic E-state index is 14.8. The summed E-state index contributed by atoms with van der Waals surface area (Å²) in [6, 6.07) is 12.3. The van der Waals surface area contributed by atoms with E-state index < -0.39 is 24.1 Å². The number of amides is 1. The molecule has 1 aliphatic carbocycles. The lowest BCUT2D eigenvalue weighted by molar-refractivity contribution is 0.0995. The highest BCUT2D eigenvalue weighted by Gasteiger charge is 2.35. The number of fused-ring (bicyclic) bond motifs is 1. The highest BCUT2D eigenvalue weighted by atomic mass is 19.2. The number of benzene rings is 2. The van der Waals surface area contributed by atoms with Gasteiger partial charge >= 0.3 is 0 Å². The first-order valence-electron chi connectivity index (χ1n) is 11.7. The molecule has 1 fully saturated rings. The molecule has 3 heterocycles. The summed E-state index contributed by atoms with van der Waals surface area (Å²) in [7, 11) is 1.81. The summed E-state index contributed by atoms with van der Waals surface area (Å²) in [6.45, 7) is -0.890. The molecule has 1 aliphatic heterocycles. The molecule has 8 nitrogen and oxygen atoms in total. The molecule has 10 heteroatoms. The Morgan fingerprint density at radius 3 is 2.59 bits per heavy atom. The van der Waals surface area contributed by atoms with Gasteiger partial charge in [0.25, 0.3) is 5.91 Å². The number of halogens is 2. The molecular weight excluding hydrogens is 478 g/mol. The maximum Gasteiger partial charge on any atom is 0.260 e. The second-order valence-corrected chi connectivity index (χ2v) is 9.29. The van der Waals surface area contributed by atoms with Crippen molar-refractivity contribution in [1.82, 2.24) is 19.7 Å². The van der Waals surface area contributed by atoms with Crippen molar-refractivity contribution in [2.75, 3.05) is 4.90 Å². The highest BCUT2D eigenvalue weighted by Crippen LogP contribution is 2.43. The summed E-state index contributed by atoms with van der Waals surface area (Å²) in [5.74, 6) is -1.67. The lowest BCUT2D eigenvalue weighted by Crippen LogP contribution is -2.24. The molecule has 0 saturated heterocycles. The number of anilines is 1. The van der Waals surface area contributed by atoms with Crippen molar-refractivity contribution >= 4 is 11.7 Å². The zero-order valence-corrected chi connectivity index (χ0v) is 19.7. The van der Waals surface area contributed by atoms with Gasteiger partial charge in [-0.25, -0.2) is 13.8 Å². The van der Waals surface area contributed by atoms with Crippen LogP contribution in [0.25, 0.3) is 22.5 Å². The van der Waals surface area contributed by atoms with E-state index in [1.807, 2.05) is 12.1 Å². The number of aryl methyl sites for hydroxylation is 1. The Morgan fingerprint density at radius 1 is 1.11 bits per heavy atom. The summed E-state index contributed by atoms with van der Waals surface area (Å²) in [4.78, 5) is 19.4. The van der Waals surface area contributed by atoms with E-state index >= 15 is 0 Å². The van der Waals surface area contributed by atoms with Gasteiger partial charge in [-0.05, 0) is 54.3 Å². The quantitative estimate of drug-likeness (QED) is 0.441. The van der Waals surface area contributed by atoms with Gasteiger partial charge < -0.3 is 9.67 Å². The fourth-order valence-electron chi connectivity index (χ4n) is 4.73. The number of aliphatic hydroxyl groups excluding tert-OH is 1. The SMILES string of the molecule is Cn1cnnc1-c1cc(C#N)ccc1-c1cc(C2CC2)nc(N2Cc3c(cc(CO)c(F)c3F)C2=O)c1. The summed E-state index contributed by atoms with van der Waals surface area (Å²) >= 11 is 0. The van der Waals surface area contributed by atoms with E-state index in [1.54, 1.807) is 36.1 Å². The van der Waals surface area contributed by atoms with Crippen LogP contribution in [0.5, 0.6) is 0 Å². The van der Waals surface area contributed by atoms with Gasteiger partial charge in [-0.3, -0.25) is 9.69 Å². The predicted octanol–water partition coefficient (Wildman–Crippen LogP) is 4.22. The second-order valence-electron chi connectivity index (χ2n) is 9.29. The summed E-state index contributed by atoms with van der Waals surface area (Å²) in [5.41, 5.74) is 3.16. The van der Waals surface area contributed by atoms with Gasteiger partial charge in [-0.15, -0.1) is 10.2 Å². The van der Waals surface area contributed by atoms with Gasteiger partial charge in [-0.1, -0.05) is 6.07 Å². The van der Waals surface area contributed by atoms with Gasteiger partial charge in [0, 0.05) is 40.9 Å². The molecule has 2 aromatic heterocycles. The van der Waals surface area contributed by atoms with Crippen molar-refractivity contribution in [2.24, 2.45) is 7.05 Å². The van der Waals surface area contributed by atoms with Gasteiger partial charge in [0.05, 0.1) is 24.8 Å². The lowest BCUT2D eigenvalue weighted by atomic mass is 9.96. The third-order valence-electron chi connectivity index (χ3n) is 6.86. The fourth-order valence-corrected chi connectivity index (χ4v) is 4.73. The molecule has 2 aromatic carbocycles. The van der Waals surface area contributed by atoms with Crippen molar-refractivity contribution in [1.29, 1.82) is 5.26 Å². The van der Waals surface area contributed by atoms with Gasteiger partial charge in [0.2, 0.25) is 0 Å². The number of rotatable bonds is 5. The van der Waals surface area contributed by atoms with Crippen molar-refractivity contribution in [3.63, 3.8) is 0 Å². The molecule has 37 heavy (non-hydrogen) atoms. The number of pyridine rings is 1. The molecule has 0 bridgehead atoms. The summed E-state index contributed by atoms with van der Waals surface area (Å²) in [6.07, 6.45) is 3.50. The number of aromatic nitrogens is 4. The Morgan fingerprint density at radius 2 is 1.92 bits per heavy atom. The minimum absolute atomic E-state index is 0.0151. The first kappa shape index (κ1) is 22.9. The minimum Gasteiger partial charge on any atom is -0.392 e. The largest absolute Gasteiger partial charge is 0.392 e. The summed E-state index contributed by atoms with van der Waals surface area (Å²) < 4.78 is 30.9. The molecule has 1 saturated carbocycles. The standard InChI is InChI=1S/C27H20F2N6O2/c1-34-13-31-33-26(34)19-6-14(10-30)2-5-18(19)16-8-22(15-3-4-15)32-23(9-16)35-11-21-20(27(35)37)7-17(12-36)24(28)25(21)29/h2,5-9,13,15,36H,3-4,11-12H2,1H3. The molecule has 2 aliphatic rings. The fraction of sp³-hybridized carbons (Fsp3) is 0.222. The zero-order valence-electron chi connectivity index (χ0n) is 19.7. The van der Waals surface area contributed by atoms with Crippen molar-refractivity contribution in [3.8, 4) is 28.6 Å². The van der Waals surface area contributed by atoms with Crippen LogP contribution in [0.15, 0.2) is 42.7 Å². The molecule has 6 rings (SSSR count). The molecule has 1 N–H and O–H groups in total. The van der Waals surface area contributed by atoms with Crippen LogP contribution < -0.4 is 4.90 Å². The molecular formula is C27H20F2N6O2. The number of nitriles is 1. The van der Waals surface area contributed by atoms with E-state index in [4.69, 9.17) is 4.98 Å². The first-order chi connectivity index (χ1) is 17.9. The van der Waals surface area contributed by atoms with E-state index in [0.29, 0.717) is 22.8 Å². The van der Waals surface area contributed by atoms with Crippen molar-refractivity contribution in [2.45, 2.75) is 31.9 Å². The highest BCUT2D eigenvalue weighted by molar-refractivity contribution is 6.10. The molecule has 1 amide bonds. The third-order valence-corrected chi connectivity index (χ3v) is 6.86. The normalized spacial score (nSPS) is 14.7. The number of hydrogen-bond donors (Lipinski definition) is 1. The third kappa shape index (κ3) is 3.75. The van der Waals surface area contributed by atoms with E-state index in [-0.39, 0.29) is 29.2 Å². The smallest absolute Gasteiger partial charge is 0.260 e. The lowest BCUT2D eigenvalue weighted by Gasteiger charge is -2.18. The van der Waals surface area contributed by atoms with Crippen molar-refractivity contribution in [3.05, 3.63) is 82.3 Å². The molecule has 0 atom stereocenters. The monoisotopic (exact) mass is 498 g/mol. The number of nitrogens with zero attached hydrogens (tertiary/aromatic N) is 6. The topological polar surface area (TPSA) is 108 Å². The van der Waals surface area contributed by atoms with Crippen LogP contribution in [-0.4, -0.2) is 30.8 Å². The zero-order chi connectivity index (χ0) is 25.8. The van der Waals surface area contributed by atoms with Gasteiger partial charge in [0.15, 0.2) is 17.5 Å². The van der Waals surface area contributed by atoms with Crippen LogP contribution in [0.2, 0.25) is 0 Å². The number of carbonyl (C=O) groups excluding carboxylic acids is 1. The number of hydrogen-bond acceptors (Lipinski definition) is 6. The number of carbonyl (C=O) groups is 1. The summed E-state index contributed by atoms with van der Waals surface area (Å²) in [5, 5.41) is 27.1.